The summed E-state index contributed by atoms with van der Waals surface area (Å²) in [5.74, 6) is -0.340. The number of nitrogens with zero attached hydrogens (tertiary/aromatic N) is 5. The number of halogens is 1. The lowest BCUT2D eigenvalue weighted by molar-refractivity contribution is -0.121. The third-order valence-electron chi connectivity index (χ3n) is 2.15. The predicted octanol–water partition coefficient (Wildman–Crippen LogP) is 0.0590. The molecule has 0 spiro atoms. The molecule has 0 saturated carbocycles. The largest absolute Gasteiger partial charge is 0.367 e. The first-order valence-corrected chi connectivity index (χ1v) is 5.62. The van der Waals surface area contributed by atoms with Gasteiger partial charge < -0.3 is 5.73 Å². The average molecular weight is 280 g/mol. The minimum Gasteiger partial charge on any atom is -0.367 e. The van der Waals surface area contributed by atoms with Gasteiger partial charge >= 0.3 is 0 Å². The second-order valence-corrected chi connectivity index (χ2v) is 3.92. The lowest BCUT2D eigenvalue weighted by Crippen LogP contribution is -2.24. The predicted molar refractivity (Wildman–Crippen MR) is 69.4 cm³/mol. The number of rotatable bonds is 4. The Balaban J connectivity index is 1.91. The summed E-state index contributed by atoms with van der Waals surface area (Å²) in [7, 11) is 0. The van der Waals surface area contributed by atoms with Gasteiger partial charge in [0.15, 0.2) is 0 Å². The molecule has 1 heterocycles. The third-order valence-corrected chi connectivity index (χ3v) is 2.50. The van der Waals surface area contributed by atoms with Gasteiger partial charge in [-0.1, -0.05) is 34.9 Å². The number of hydrogen-bond acceptors (Lipinski definition) is 6. The van der Waals surface area contributed by atoms with E-state index in [1.807, 2.05) is 6.07 Å². The number of nitrogen functional groups attached to an aromatic ring is 1. The van der Waals surface area contributed by atoms with Crippen molar-refractivity contribution in [2.45, 2.75) is 6.54 Å². The third kappa shape index (κ3) is 3.49. The van der Waals surface area contributed by atoms with Crippen LogP contribution in [-0.2, 0) is 11.3 Å². The second-order valence-electron chi connectivity index (χ2n) is 3.51. The highest BCUT2D eigenvalue weighted by molar-refractivity contribution is 6.33. The van der Waals surface area contributed by atoms with Crippen molar-refractivity contribution in [3.8, 4) is 0 Å². The van der Waals surface area contributed by atoms with E-state index in [2.05, 4.69) is 26.1 Å². The topological polar surface area (TPSA) is 111 Å². The van der Waals surface area contributed by atoms with Crippen LogP contribution < -0.4 is 11.2 Å². The van der Waals surface area contributed by atoms with E-state index < -0.39 is 5.91 Å². The Morgan fingerprint density at radius 3 is 3.00 bits per heavy atom. The van der Waals surface area contributed by atoms with Gasteiger partial charge in [0.25, 0.3) is 5.91 Å². The fraction of sp³-hybridized carbons (Fsp3) is 0.100. The quantitative estimate of drug-likeness (QED) is 0.607. The van der Waals surface area contributed by atoms with Crippen molar-refractivity contribution in [3.05, 3.63) is 34.9 Å². The maximum absolute atomic E-state index is 11.5. The maximum Gasteiger partial charge on any atom is 0.261 e. The number of benzene rings is 1. The zero-order valence-corrected chi connectivity index (χ0v) is 10.4. The van der Waals surface area contributed by atoms with Crippen LogP contribution in [0.25, 0.3) is 0 Å². The molecule has 2 rings (SSSR count). The van der Waals surface area contributed by atoms with Crippen molar-refractivity contribution in [2.24, 2.45) is 5.10 Å². The fourth-order valence-corrected chi connectivity index (χ4v) is 1.43. The van der Waals surface area contributed by atoms with Crippen LogP contribution in [0.15, 0.2) is 29.4 Å². The molecule has 0 aliphatic rings. The number of nitrogens with one attached hydrogen (secondary N) is 1. The van der Waals surface area contributed by atoms with Gasteiger partial charge in [0.05, 0.1) is 6.21 Å². The Morgan fingerprint density at radius 1 is 1.53 bits per heavy atom. The summed E-state index contributed by atoms with van der Waals surface area (Å²) in [6, 6.07) is 7.12. The van der Waals surface area contributed by atoms with Crippen LogP contribution in [0.2, 0.25) is 5.02 Å². The van der Waals surface area contributed by atoms with Gasteiger partial charge in [0.1, 0.15) is 6.54 Å². The summed E-state index contributed by atoms with van der Waals surface area (Å²) in [6.45, 7) is -0.112. The molecule has 0 unspecified atom stereocenters. The van der Waals surface area contributed by atoms with Gasteiger partial charge in [-0.2, -0.15) is 5.10 Å². The van der Waals surface area contributed by atoms with Crippen LogP contribution >= 0.6 is 11.6 Å². The highest BCUT2D eigenvalue weighted by atomic mass is 35.5. The maximum atomic E-state index is 11.5. The summed E-state index contributed by atoms with van der Waals surface area (Å²) in [5, 5.41) is 14.6. The van der Waals surface area contributed by atoms with Crippen molar-refractivity contribution in [3.63, 3.8) is 0 Å². The first-order chi connectivity index (χ1) is 9.16. The van der Waals surface area contributed by atoms with E-state index in [1.54, 1.807) is 18.2 Å². The molecule has 0 saturated heterocycles. The van der Waals surface area contributed by atoms with Gasteiger partial charge in [-0.15, -0.1) is 0 Å². The van der Waals surface area contributed by atoms with E-state index >= 15 is 0 Å². The average Bonchev–Trinajstić information content (AvgIpc) is 2.77. The zero-order valence-electron chi connectivity index (χ0n) is 9.69. The molecule has 2 aromatic rings. The summed E-state index contributed by atoms with van der Waals surface area (Å²) < 4.78 is 1.15. The molecule has 1 aromatic carbocycles. The molecule has 98 valence electrons. The van der Waals surface area contributed by atoms with Crippen LogP contribution in [0.3, 0.4) is 0 Å². The van der Waals surface area contributed by atoms with Crippen LogP contribution in [0, 0.1) is 0 Å². The number of amides is 1. The molecule has 0 bridgehead atoms. The molecular weight excluding hydrogens is 270 g/mol. The number of nitrogens with two attached hydrogens (primary N) is 1. The molecule has 1 aromatic heterocycles. The normalized spacial score (nSPS) is 10.8. The Labute approximate surface area is 113 Å². The number of hydrogen-bond donors (Lipinski definition) is 2. The van der Waals surface area contributed by atoms with Crippen LogP contribution in [0.5, 0.6) is 0 Å². The minimum atomic E-state index is -0.401. The number of anilines is 1. The molecule has 8 nitrogen and oxygen atoms in total. The summed E-state index contributed by atoms with van der Waals surface area (Å²) in [4.78, 5) is 11.5. The lowest BCUT2D eigenvalue weighted by atomic mass is 10.2. The number of hydrazone groups is 1. The Kier molecular flexibility index (Phi) is 4.04. The first kappa shape index (κ1) is 13.0. The van der Waals surface area contributed by atoms with Crippen LogP contribution in [0.1, 0.15) is 5.56 Å². The Hall–Kier alpha value is -2.48. The smallest absolute Gasteiger partial charge is 0.261 e. The van der Waals surface area contributed by atoms with Crippen molar-refractivity contribution < 1.29 is 4.79 Å². The van der Waals surface area contributed by atoms with Crippen LogP contribution in [0.4, 0.5) is 5.95 Å². The molecule has 3 N–H and O–H groups in total. The van der Waals surface area contributed by atoms with E-state index in [1.165, 1.54) is 6.21 Å². The van der Waals surface area contributed by atoms with E-state index in [0.29, 0.717) is 10.6 Å². The van der Waals surface area contributed by atoms with Crippen molar-refractivity contribution in [1.29, 1.82) is 0 Å². The van der Waals surface area contributed by atoms with E-state index in [4.69, 9.17) is 17.3 Å². The summed E-state index contributed by atoms with van der Waals surface area (Å²) >= 11 is 5.92. The minimum absolute atomic E-state index is 0.0604. The molecule has 1 amide bonds. The number of carbonyl (C=O) groups is 1. The van der Waals surface area contributed by atoms with Crippen LogP contribution in [-0.4, -0.2) is 32.3 Å². The fourth-order valence-electron chi connectivity index (χ4n) is 1.25. The Bertz CT molecular complexity index is 609. The standard InChI is InChI=1S/C10H10ClN7O/c11-8-4-2-1-3-7(8)5-13-14-9(19)6-18-10(12)15-16-17-18/h1-5H,6H2,(H,14,19)(H2,12,15,17)/b13-5-. The molecule has 0 aliphatic carbocycles. The monoisotopic (exact) mass is 279 g/mol. The van der Waals surface area contributed by atoms with Crippen molar-refractivity contribution in [1.82, 2.24) is 25.6 Å². The number of carbonyl (C=O) groups excluding carboxylic acids is 1. The zero-order chi connectivity index (χ0) is 13.7. The van der Waals surface area contributed by atoms with E-state index in [-0.39, 0.29) is 12.5 Å². The molecule has 0 atom stereocenters. The van der Waals surface area contributed by atoms with Gasteiger partial charge in [-0.05, 0) is 16.5 Å². The molecule has 0 radical (unpaired) electrons. The molecule has 19 heavy (non-hydrogen) atoms. The number of tetrazole rings is 1. The molecule has 0 fully saturated rings. The molecule has 0 aliphatic heterocycles. The lowest BCUT2D eigenvalue weighted by Gasteiger charge is -2.00. The molecule has 9 heteroatoms. The van der Waals surface area contributed by atoms with Crippen molar-refractivity contribution in [2.75, 3.05) is 5.73 Å². The summed E-state index contributed by atoms with van der Waals surface area (Å²) in [6.07, 6.45) is 1.45. The van der Waals surface area contributed by atoms with E-state index in [9.17, 15) is 4.79 Å². The Morgan fingerprint density at radius 2 is 2.32 bits per heavy atom. The second kappa shape index (κ2) is 5.91. The first-order valence-electron chi connectivity index (χ1n) is 5.25. The van der Waals surface area contributed by atoms with Gasteiger partial charge in [-0.25, -0.2) is 10.1 Å². The van der Waals surface area contributed by atoms with Gasteiger partial charge in [-0.3, -0.25) is 4.79 Å². The SMILES string of the molecule is Nc1nnnn1CC(=O)N/N=C\c1ccccc1Cl. The van der Waals surface area contributed by atoms with Crippen molar-refractivity contribution >= 4 is 29.7 Å². The van der Waals surface area contributed by atoms with Gasteiger partial charge in [0.2, 0.25) is 5.95 Å². The highest BCUT2D eigenvalue weighted by Gasteiger charge is 2.06. The van der Waals surface area contributed by atoms with Gasteiger partial charge in [0, 0.05) is 10.6 Å². The molecular formula is C10H10ClN7O. The highest BCUT2D eigenvalue weighted by Crippen LogP contribution is 2.11. The number of aromatic nitrogens is 4. The van der Waals surface area contributed by atoms with E-state index in [0.717, 1.165) is 4.68 Å². The summed E-state index contributed by atoms with van der Waals surface area (Å²) in [5.41, 5.74) is 8.44.